The molecule has 1 aliphatic heterocycles. The molecule has 2 atom stereocenters. The summed E-state index contributed by atoms with van der Waals surface area (Å²) in [5, 5.41) is 0. The van der Waals surface area contributed by atoms with Gasteiger partial charge in [0.2, 0.25) is 0 Å². The van der Waals surface area contributed by atoms with Crippen LogP contribution in [0.5, 0.6) is 0 Å². The van der Waals surface area contributed by atoms with E-state index in [1.165, 1.54) is 74.3 Å². The van der Waals surface area contributed by atoms with E-state index in [-0.39, 0.29) is 0 Å². The van der Waals surface area contributed by atoms with Crippen LogP contribution >= 0.6 is 0 Å². The maximum Gasteiger partial charge on any atom is 0.124 e. The topological polar surface area (TPSA) is 37.2 Å². The molecule has 2 aromatic heterocycles. The largest absolute Gasteiger partial charge is 0.327 e. The van der Waals surface area contributed by atoms with Crippen molar-refractivity contribution in [3.8, 4) is 0 Å². The van der Waals surface area contributed by atoms with Crippen molar-refractivity contribution in [1.82, 2.24) is 24.3 Å². The molecule has 0 N–H and O–H groups in total. The Balaban J connectivity index is 1.36. The summed E-state index contributed by atoms with van der Waals surface area (Å²) < 4.78 is 2.53. The van der Waals surface area contributed by atoms with E-state index in [0.29, 0.717) is 12.0 Å². The van der Waals surface area contributed by atoms with Crippen LogP contribution < -0.4 is 0 Å². The summed E-state index contributed by atoms with van der Waals surface area (Å²) in [7, 11) is 2.26. The highest BCUT2D eigenvalue weighted by Crippen LogP contribution is 2.33. The molecule has 5 rings (SSSR count). The highest BCUT2D eigenvalue weighted by atomic mass is 15.2. The summed E-state index contributed by atoms with van der Waals surface area (Å²) in [6.45, 7) is 10.3. The van der Waals surface area contributed by atoms with Crippen molar-refractivity contribution in [3.05, 3.63) is 59.7 Å². The Bertz CT molecular complexity index is 1090. The Kier molecular flexibility index (Phi) is 7.31. The van der Waals surface area contributed by atoms with Crippen LogP contribution in [0.25, 0.3) is 11.0 Å². The Morgan fingerprint density at radius 1 is 1.09 bits per heavy atom. The van der Waals surface area contributed by atoms with Gasteiger partial charge in [0.1, 0.15) is 5.82 Å². The molecule has 5 nitrogen and oxygen atoms in total. The van der Waals surface area contributed by atoms with Gasteiger partial charge in [-0.05, 0) is 94.3 Å². The van der Waals surface area contributed by atoms with E-state index in [4.69, 9.17) is 9.97 Å². The van der Waals surface area contributed by atoms with E-state index < -0.39 is 0 Å². The summed E-state index contributed by atoms with van der Waals surface area (Å²) in [5.74, 6) is 2.67. The van der Waals surface area contributed by atoms with Crippen LogP contribution in [0.4, 0.5) is 0 Å². The number of aromatic nitrogens is 3. The second-order valence-corrected chi connectivity index (χ2v) is 11.0. The summed E-state index contributed by atoms with van der Waals surface area (Å²) in [6.07, 6.45) is 9.45. The molecule has 3 heterocycles. The van der Waals surface area contributed by atoms with Gasteiger partial charge in [0.25, 0.3) is 0 Å². The first kappa shape index (κ1) is 23.5. The zero-order valence-corrected chi connectivity index (χ0v) is 21.3. The fourth-order valence-electron chi connectivity index (χ4n) is 6.00. The van der Waals surface area contributed by atoms with Crippen LogP contribution in [-0.2, 0) is 19.5 Å². The summed E-state index contributed by atoms with van der Waals surface area (Å²) >= 11 is 0. The molecule has 182 valence electrons. The molecule has 1 aliphatic carbocycles. The van der Waals surface area contributed by atoms with Crippen LogP contribution in [0.1, 0.15) is 69.1 Å². The highest BCUT2D eigenvalue weighted by Gasteiger charge is 2.27. The number of benzene rings is 1. The van der Waals surface area contributed by atoms with Crippen LogP contribution in [-0.4, -0.2) is 51.0 Å². The monoisotopic (exact) mass is 459 g/mol. The number of nitrogens with zero attached hydrogens (tertiary/aromatic N) is 5. The predicted molar refractivity (Wildman–Crippen MR) is 140 cm³/mol. The standard InChI is InChI=1S/C29H41N5/c1-22(2)15-18-33-17-8-9-23(19-33)20-34-26-13-5-4-12-25(26)31-28(34)21-32(3)27-14-6-10-24-11-7-16-30-29(24)27/h4-5,7,11-13,16,22-23,27H,6,8-10,14-15,17-21H2,1-3H3/t23-,27?/m0/s1. The molecule has 34 heavy (non-hydrogen) atoms. The van der Waals surface area contributed by atoms with Gasteiger partial charge in [-0.1, -0.05) is 32.0 Å². The van der Waals surface area contributed by atoms with Crippen LogP contribution in [0.2, 0.25) is 0 Å². The number of likely N-dealkylation sites (tertiary alicyclic amines) is 1. The van der Waals surface area contributed by atoms with Gasteiger partial charge >= 0.3 is 0 Å². The summed E-state index contributed by atoms with van der Waals surface area (Å²) in [4.78, 5) is 15.1. The smallest absolute Gasteiger partial charge is 0.124 e. The van der Waals surface area contributed by atoms with Crippen molar-refractivity contribution < 1.29 is 0 Å². The Morgan fingerprint density at radius 2 is 1.97 bits per heavy atom. The minimum Gasteiger partial charge on any atom is -0.327 e. The fraction of sp³-hybridized carbons (Fsp3) is 0.586. The highest BCUT2D eigenvalue weighted by molar-refractivity contribution is 5.75. The van der Waals surface area contributed by atoms with Gasteiger partial charge in [0.15, 0.2) is 0 Å². The number of hydrogen-bond donors (Lipinski definition) is 0. The van der Waals surface area contributed by atoms with Gasteiger partial charge in [0, 0.05) is 19.3 Å². The van der Waals surface area contributed by atoms with Crippen molar-refractivity contribution >= 4 is 11.0 Å². The Hall–Kier alpha value is -2.24. The van der Waals surface area contributed by atoms with Gasteiger partial charge in [-0.25, -0.2) is 4.98 Å². The fourth-order valence-corrected chi connectivity index (χ4v) is 6.00. The number of imidazole rings is 1. The average molecular weight is 460 g/mol. The molecule has 0 saturated carbocycles. The lowest BCUT2D eigenvalue weighted by atomic mass is 9.91. The minimum absolute atomic E-state index is 0.374. The first-order valence-electron chi connectivity index (χ1n) is 13.4. The number of piperidine rings is 1. The third-order valence-corrected chi connectivity index (χ3v) is 7.89. The van der Waals surface area contributed by atoms with E-state index >= 15 is 0 Å². The van der Waals surface area contributed by atoms with E-state index in [1.807, 2.05) is 6.20 Å². The van der Waals surface area contributed by atoms with Gasteiger partial charge in [-0.15, -0.1) is 0 Å². The second-order valence-electron chi connectivity index (χ2n) is 11.0. The molecule has 1 fully saturated rings. The lowest BCUT2D eigenvalue weighted by Crippen LogP contribution is -2.38. The van der Waals surface area contributed by atoms with E-state index in [2.05, 4.69) is 71.7 Å². The van der Waals surface area contributed by atoms with E-state index in [1.54, 1.807) is 0 Å². The maximum absolute atomic E-state index is 5.13. The molecular formula is C29H41N5. The number of pyridine rings is 1. The maximum atomic E-state index is 5.13. The van der Waals surface area contributed by atoms with Crippen LogP contribution in [0.3, 0.4) is 0 Å². The Labute approximate surface area is 205 Å². The molecule has 0 bridgehead atoms. The van der Waals surface area contributed by atoms with Gasteiger partial charge < -0.3 is 9.47 Å². The molecule has 0 radical (unpaired) electrons. The number of aryl methyl sites for hydroxylation is 1. The molecule has 0 amide bonds. The molecule has 1 aromatic carbocycles. The molecule has 2 aliphatic rings. The lowest BCUT2D eigenvalue weighted by Gasteiger charge is -2.34. The van der Waals surface area contributed by atoms with Crippen molar-refractivity contribution in [3.63, 3.8) is 0 Å². The minimum atomic E-state index is 0.374. The molecule has 5 heteroatoms. The lowest BCUT2D eigenvalue weighted by molar-refractivity contribution is 0.154. The molecule has 0 spiro atoms. The van der Waals surface area contributed by atoms with Crippen molar-refractivity contribution in [1.29, 1.82) is 0 Å². The van der Waals surface area contributed by atoms with Gasteiger partial charge in [-0.3, -0.25) is 9.88 Å². The van der Waals surface area contributed by atoms with Crippen molar-refractivity contribution in [2.45, 2.75) is 71.5 Å². The average Bonchev–Trinajstić information content (AvgIpc) is 3.19. The molecule has 3 aromatic rings. The Morgan fingerprint density at radius 3 is 2.85 bits per heavy atom. The van der Waals surface area contributed by atoms with E-state index in [9.17, 15) is 0 Å². The number of hydrogen-bond acceptors (Lipinski definition) is 4. The number of fused-ring (bicyclic) bond motifs is 2. The van der Waals surface area contributed by atoms with Gasteiger partial charge in [-0.2, -0.15) is 0 Å². The molecule has 1 unspecified atom stereocenters. The first-order valence-corrected chi connectivity index (χ1v) is 13.4. The van der Waals surface area contributed by atoms with Crippen molar-refractivity contribution in [2.24, 2.45) is 11.8 Å². The number of para-hydroxylation sites is 2. The molecular weight excluding hydrogens is 418 g/mol. The van der Waals surface area contributed by atoms with E-state index in [0.717, 1.165) is 30.9 Å². The quantitative estimate of drug-likeness (QED) is 0.433. The molecule has 1 saturated heterocycles. The summed E-state index contributed by atoms with van der Waals surface area (Å²) in [6, 6.07) is 13.4. The van der Waals surface area contributed by atoms with Crippen LogP contribution in [0, 0.1) is 11.8 Å². The zero-order valence-electron chi connectivity index (χ0n) is 21.3. The predicted octanol–water partition coefficient (Wildman–Crippen LogP) is 5.70. The summed E-state index contributed by atoms with van der Waals surface area (Å²) in [5.41, 5.74) is 5.10. The third kappa shape index (κ3) is 5.21. The number of rotatable bonds is 8. The normalized spacial score (nSPS) is 21.4. The second kappa shape index (κ2) is 10.6. The van der Waals surface area contributed by atoms with Gasteiger partial charge in [0.05, 0.1) is 29.3 Å². The van der Waals surface area contributed by atoms with Crippen LogP contribution in [0.15, 0.2) is 42.6 Å². The SMILES string of the molecule is CC(C)CCN1CCC[C@H](Cn2c(CN(C)C3CCCc4cccnc43)nc3ccccc32)C1. The van der Waals surface area contributed by atoms with Crippen molar-refractivity contribution in [2.75, 3.05) is 26.7 Å². The zero-order chi connectivity index (χ0) is 23.5. The third-order valence-electron chi connectivity index (χ3n) is 7.89. The first-order chi connectivity index (χ1) is 16.6.